The Kier molecular flexibility index (Phi) is 9.26. The van der Waals surface area contributed by atoms with Crippen LogP contribution >= 0.6 is 46.3 Å². The topological polar surface area (TPSA) is 95.3 Å². The third kappa shape index (κ3) is 6.47. The molecule has 0 bridgehead atoms. The van der Waals surface area contributed by atoms with Crippen molar-refractivity contribution in [2.24, 2.45) is 0 Å². The highest BCUT2D eigenvalue weighted by Crippen LogP contribution is 2.36. The standard InChI is InChI=1S/C25H21Cl2FN4O4S2/c1-3-32-20(11-36-16-8-9-19(28)18(27)10-16)30-31-25(32)38-13-21(33)29-23-22(24(34)35-2)17(12-37-23)14-4-6-15(26)7-5-14/h4-10,12H,3,11,13H2,1-2H3,(H,29,33). The summed E-state index contributed by atoms with van der Waals surface area (Å²) in [5.74, 6) is -0.455. The van der Waals surface area contributed by atoms with Crippen molar-refractivity contribution in [1.82, 2.24) is 14.8 Å². The lowest BCUT2D eigenvalue weighted by Gasteiger charge is -2.10. The number of thioether (sulfide) groups is 1. The second kappa shape index (κ2) is 12.6. The molecule has 38 heavy (non-hydrogen) atoms. The highest BCUT2D eigenvalue weighted by Gasteiger charge is 2.23. The van der Waals surface area contributed by atoms with Crippen molar-refractivity contribution in [3.8, 4) is 16.9 Å². The molecule has 8 nitrogen and oxygen atoms in total. The molecule has 2 aromatic heterocycles. The predicted octanol–water partition coefficient (Wildman–Crippen LogP) is 6.57. The Morgan fingerprint density at radius 1 is 1.16 bits per heavy atom. The Morgan fingerprint density at radius 3 is 2.61 bits per heavy atom. The van der Waals surface area contributed by atoms with Crippen molar-refractivity contribution in [1.29, 1.82) is 0 Å². The lowest BCUT2D eigenvalue weighted by atomic mass is 10.0. The minimum absolute atomic E-state index is 0.0291. The Labute approximate surface area is 236 Å². The van der Waals surface area contributed by atoms with Crippen molar-refractivity contribution in [3.05, 3.63) is 75.1 Å². The number of amides is 1. The molecule has 0 spiro atoms. The van der Waals surface area contributed by atoms with Crippen LogP contribution in [-0.4, -0.2) is 39.5 Å². The number of ether oxygens (including phenoxy) is 2. The second-order valence-corrected chi connectivity index (χ2v) is 10.4. The summed E-state index contributed by atoms with van der Waals surface area (Å²) >= 11 is 14.2. The van der Waals surface area contributed by atoms with Crippen LogP contribution in [0.3, 0.4) is 0 Å². The number of thiophene rings is 1. The van der Waals surface area contributed by atoms with Gasteiger partial charge in [0.25, 0.3) is 0 Å². The zero-order valence-electron chi connectivity index (χ0n) is 20.2. The highest BCUT2D eigenvalue weighted by atomic mass is 35.5. The van der Waals surface area contributed by atoms with Gasteiger partial charge < -0.3 is 19.4 Å². The van der Waals surface area contributed by atoms with E-state index in [2.05, 4.69) is 15.5 Å². The van der Waals surface area contributed by atoms with E-state index in [1.807, 2.05) is 11.5 Å². The summed E-state index contributed by atoms with van der Waals surface area (Å²) in [4.78, 5) is 25.3. The van der Waals surface area contributed by atoms with Crippen molar-refractivity contribution in [2.45, 2.75) is 25.2 Å². The number of hydrogen-bond acceptors (Lipinski definition) is 8. The number of esters is 1. The van der Waals surface area contributed by atoms with Gasteiger partial charge in [-0.15, -0.1) is 21.5 Å². The number of carbonyl (C=O) groups excluding carboxylic acids is 2. The van der Waals surface area contributed by atoms with E-state index in [0.29, 0.717) is 38.9 Å². The number of nitrogens with zero attached hydrogens (tertiary/aromatic N) is 3. The van der Waals surface area contributed by atoms with Gasteiger partial charge in [-0.3, -0.25) is 4.79 Å². The van der Waals surface area contributed by atoms with Crippen LogP contribution < -0.4 is 10.1 Å². The Morgan fingerprint density at radius 2 is 1.92 bits per heavy atom. The fraction of sp³-hybridized carbons (Fsp3) is 0.200. The van der Waals surface area contributed by atoms with Crippen molar-refractivity contribution >= 4 is 63.2 Å². The SMILES string of the molecule is CCn1c(COc2ccc(F)c(Cl)c2)nnc1SCC(=O)Nc1scc(-c2ccc(Cl)cc2)c1C(=O)OC. The Balaban J connectivity index is 1.42. The summed E-state index contributed by atoms with van der Waals surface area (Å²) in [6.07, 6.45) is 0. The van der Waals surface area contributed by atoms with E-state index < -0.39 is 11.8 Å². The molecule has 0 unspecified atom stereocenters. The molecule has 4 rings (SSSR count). The van der Waals surface area contributed by atoms with Crippen molar-refractivity contribution < 1.29 is 23.5 Å². The van der Waals surface area contributed by atoms with Gasteiger partial charge in [-0.2, -0.15) is 0 Å². The number of anilines is 1. The molecule has 0 aliphatic rings. The van der Waals surface area contributed by atoms with Gasteiger partial charge in [-0.05, 0) is 36.8 Å². The number of hydrogen-bond donors (Lipinski definition) is 1. The summed E-state index contributed by atoms with van der Waals surface area (Å²) in [5, 5.41) is 14.4. The van der Waals surface area contributed by atoms with Gasteiger partial charge in [0.1, 0.15) is 28.7 Å². The lowest BCUT2D eigenvalue weighted by Crippen LogP contribution is -2.16. The van der Waals surface area contributed by atoms with Crippen LogP contribution in [0.1, 0.15) is 23.1 Å². The average molecular weight is 596 g/mol. The molecule has 0 aliphatic heterocycles. The minimum atomic E-state index is -0.558. The second-order valence-electron chi connectivity index (χ2n) is 7.70. The molecule has 1 N–H and O–H groups in total. The van der Waals surface area contributed by atoms with Gasteiger partial charge >= 0.3 is 5.97 Å². The van der Waals surface area contributed by atoms with Crippen LogP contribution in [0.25, 0.3) is 11.1 Å². The Hall–Kier alpha value is -3.12. The molecule has 2 heterocycles. The lowest BCUT2D eigenvalue weighted by molar-refractivity contribution is -0.113. The summed E-state index contributed by atoms with van der Waals surface area (Å²) < 4.78 is 25.8. The molecule has 4 aromatic rings. The maximum atomic E-state index is 13.4. The first-order valence-electron chi connectivity index (χ1n) is 11.2. The number of methoxy groups -OCH3 is 1. The average Bonchev–Trinajstić information content (AvgIpc) is 3.51. The molecular weight excluding hydrogens is 574 g/mol. The Bertz CT molecular complexity index is 1460. The molecule has 0 radical (unpaired) electrons. The van der Waals surface area contributed by atoms with E-state index in [-0.39, 0.29) is 28.9 Å². The maximum absolute atomic E-state index is 13.4. The largest absolute Gasteiger partial charge is 0.486 e. The number of nitrogens with one attached hydrogen (secondary N) is 1. The predicted molar refractivity (Wildman–Crippen MR) is 147 cm³/mol. The third-order valence-electron chi connectivity index (χ3n) is 5.29. The van der Waals surface area contributed by atoms with Crippen LogP contribution in [0.4, 0.5) is 9.39 Å². The molecular formula is C25H21Cl2FN4O4S2. The van der Waals surface area contributed by atoms with E-state index in [4.69, 9.17) is 32.7 Å². The molecule has 2 aromatic carbocycles. The van der Waals surface area contributed by atoms with E-state index >= 15 is 0 Å². The number of carbonyl (C=O) groups is 2. The first kappa shape index (κ1) is 27.9. The smallest absolute Gasteiger partial charge is 0.341 e. The van der Waals surface area contributed by atoms with Gasteiger partial charge in [-0.25, -0.2) is 9.18 Å². The molecule has 0 saturated carbocycles. The van der Waals surface area contributed by atoms with Crippen molar-refractivity contribution in [2.75, 3.05) is 18.2 Å². The van der Waals surface area contributed by atoms with Crippen LogP contribution in [0, 0.1) is 5.82 Å². The first-order valence-corrected chi connectivity index (χ1v) is 13.8. The van der Waals surface area contributed by atoms with Gasteiger partial charge in [0.15, 0.2) is 11.0 Å². The molecule has 13 heteroatoms. The van der Waals surface area contributed by atoms with Gasteiger partial charge in [0, 0.05) is 28.6 Å². The summed E-state index contributed by atoms with van der Waals surface area (Å²) in [5.41, 5.74) is 1.68. The number of rotatable bonds is 10. The molecule has 1 amide bonds. The quantitative estimate of drug-likeness (QED) is 0.164. The van der Waals surface area contributed by atoms with Crippen molar-refractivity contribution in [3.63, 3.8) is 0 Å². The van der Waals surface area contributed by atoms with Crippen LogP contribution in [0.2, 0.25) is 10.0 Å². The van der Waals surface area contributed by atoms with Gasteiger partial charge in [-0.1, -0.05) is 47.1 Å². The molecule has 198 valence electrons. The highest BCUT2D eigenvalue weighted by molar-refractivity contribution is 7.99. The first-order chi connectivity index (χ1) is 18.3. The third-order valence-corrected chi connectivity index (χ3v) is 7.69. The van der Waals surface area contributed by atoms with E-state index in [0.717, 1.165) is 5.56 Å². The normalized spacial score (nSPS) is 10.9. The van der Waals surface area contributed by atoms with E-state index in [1.165, 1.54) is 48.4 Å². The maximum Gasteiger partial charge on any atom is 0.341 e. The molecule has 0 aliphatic carbocycles. The number of aromatic nitrogens is 3. The minimum Gasteiger partial charge on any atom is -0.486 e. The molecule has 0 atom stereocenters. The molecule has 0 saturated heterocycles. The zero-order chi connectivity index (χ0) is 27.2. The monoisotopic (exact) mass is 594 g/mol. The summed E-state index contributed by atoms with van der Waals surface area (Å²) in [6, 6.07) is 11.1. The van der Waals surface area contributed by atoms with Crippen LogP contribution in [0.5, 0.6) is 5.75 Å². The number of benzene rings is 2. The summed E-state index contributed by atoms with van der Waals surface area (Å²) in [7, 11) is 1.29. The van der Waals surface area contributed by atoms with Crippen LogP contribution in [-0.2, 0) is 22.7 Å². The molecule has 0 fully saturated rings. The van der Waals surface area contributed by atoms with E-state index in [1.54, 1.807) is 29.6 Å². The van der Waals surface area contributed by atoms with E-state index in [9.17, 15) is 14.0 Å². The zero-order valence-corrected chi connectivity index (χ0v) is 23.3. The van der Waals surface area contributed by atoms with Gasteiger partial charge in [0.2, 0.25) is 5.91 Å². The number of halogens is 3. The van der Waals surface area contributed by atoms with Gasteiger partial charge in [0.05, 0.1) is 17.9 Å². The summed E-state index contributed by atoms with van der Waals surface area (Å²) in [6.45, 7) is 2.54. The fourth-order valence-electron chi connectivity index (χ4n) is 3.45. The van der Waals surface area contributed by atoms with Crippen LogP contribution in [0.15, 0.2) is 53.0 Å². The fourth-order valence-corrected chi connectivity index (χ4v) is 5.55.